The van der Waals surface area contributed by atoms with E-state index >= 15 is 0 Å². The van der Waals surface area contributed by atoms with Gasteiger partial charge in [-0.05, 0) is 42.0 Å². The molecule has 1 aliphatic rings. The van der Waals surface area contributed by atoms with Gasteiger partial charge in [-0.1, -0.05) is 36.4 Å². The number of rotatable bonds is 9. The second-order valence-corrected chi connectivity index (χ2v) is 8.20. The summed E-state index contributed by atoms with van der Waals surface area (Å²) in [5, 5.41) is 3.01. The first-order valence-corrected chi connectivity index (χ1v) is 11.4. The molecule has 4 rings (SSSR count). The molecule has 7 heteroatoms. The van der Waals surface area contributed by atoms with Crippen LogP contribution in [0.1, 0.15) is 5.56 Å². The summed E-state index contributed by atoms with van der Waals surface area (Å²) in [7, 11) is 3.29. The zero-order chi connectivity index (χ0) is 23.8. The molecule has 0 radical (unpaired) electrons. The van der Waals surface area contributed by atoms with E-state index in [-0.39, 0.29) is 5.91 Å². The zero-order valence-corrected chi connectivity index (χ0v) is 19.7. The number of anilines is 1. The second kappa shape index (κ2) is 11.5. The first-order valence-electron chi connectivity index (χ1n) is 11.4. The van der Waals surface area contributed by atoms with Crippen LogP contribution in [0.5, 0.6) is 23.0 Å². The molecule has 178 valence electrons. The smallest absolute Gasteiger partial charge is 0.238 e. The van der Waals surface area contributed by atoms with Crippen LogP contribution in [0.4, 0.5) is 5.69 Å². The SMILES string of the molecule is COc1ccc(CN2CCN(CC(=O)Nc3ccccc3Oc3ccccc3)CC2)cc1OC. The van der Waals surface area contributed by atoms with Crippen molar-refractivity contribution >= 4 is 11.6 Å². The minimum atomic E-state index is -0.0440. The fraction of sp³-hybridized carbons (Fsp3) is 0.296. The summed E-state index contributed by atoms with van der Waals surface area (Å²) in [5.41, 5.74) is 1.85. The van der Waals surface area contributed by atoms with Crippen LogP contribution < -0.4 is 19.5 Å². The minimum Gasteiger partial charge on any atom is -0.493 e. The molecule has 34 heavy (non-hydrogen) atoms. The van der Waals surface area contributed by atoms with Crippen LogP contribution in [0.3, 0.4) is 0 Å². The Bertz CT molecular complexity index is 1080. The van der Waals surface area contributed by atoms with E-state index in [0.29, 0.717) is 18.0 Å². The van der Waals surface area contributed by atoms with Crippen LogP contribution in [0.15, 0.2) is 72.8 Å². The van der Waals surface area contributed by atoms with E-state index in [9.17, 15) is 4.79 Å². The third kappa shape index (κ3) is 6.27. The van der Waals surface area contributed by atoms with Gasteiger partial charge in [-0.25, -0.2) is 0 Å². The summed E-state index contributed by atoms with van der Waals surface area (Å²) in [4.78, 5) is 17.3. The van der Waals surface area contributed by atoms with E-state index in [1.807, 2.05) is 66.7 Å². The predicted molar refractivity (Wildman–Crippen MR) is 133 cm³/mol. The molecular formula is C27H31N3O4. The normalized spacial score (nSPS) is 14.4. The van der Waals surface area contributed by atoms with Crippen LogP contribution in [0.25, 0.3) is 0 Å². The maximum atomic E-state index is 12.7. The standard InChI is InChI=1S/C27H31N3O4/c1-32-25-13-12-21(18-26(25)33-2)19-29-14-16-30(17-15-29)20-27(31)28-23-10-6-7-11-24(23)34-22-8-4-3-5-9-22/h3-13,18H,14-17,19-20H2,1-2H3,(H,28,31). The molecule has 1 aliphatic heterocycles. The minimum absolute atomic E-state index is 0.0440. The molecule has 0 bridgehead atoms. The van der Waals surface area contributed by atoms with E-state index < -0.39 is 0 Å². The molecule has 1 amide bonds. The average molecular weight is 462 g/mol. The zero-order valence-electron chi connectivity index (χ0n) is 19.7. The van der Waals surface area contributed by atoms with E-state index in [2.05, 4.69) is 21.2 Å². The van der Waals surface area contributed by atoms with Gasteiger partial charge in [-0.3, -0.25) is 14.6 Å². The number of hydrogen-bond acceptors (Lipinski definition) is 6. The van der Waals surface area contributed by atoms with Gasteiger partial charge in [0.1, 0.15) is 5.75 Å². The quantitative estimate of drug-likeness (QED) is 0.514. The molecule has 3 aromatic rings. The lowest BCUT2D eigenvalue weighted by Crippen LogP contribution is -2.48. The third-order valence-corrected chi connectivity index (χ3v) is 5.82. The van der Waals surface area contributed by atoms with Crippen molar-refractivity contribution in [2.75, 3.05) is 52.3 Å². The predicted octanol–water partition coefficient (Wildman–Crippen LogP) is 4.25. The highest BCUT2D eigenvalue weighted by atomic mass is 16.5. The fourth-order valence-corrected chi connectivity index (χ4v) is 4.01. The first kappa shape index (κ1) is 23.6. The molecule has 0 aliphatic carbocycles. The summed E-state index contributed by atoms with van der Waals surface area (Å²) in [6.07, 6.45) is 0. The van der Waals surface area contributed by atoms with Crippen molar-refractivity contribution in [1.82, 2.24) is 9.80 Å². The molecule has 1 N–H and O–H groups in total. The van der Waals surface area contributed by atoms with Gasteiger partial charge in [0.25, 0.3) is 0 Å². The number of carbonyl (C=O) groups is 1. The maximum absolute atomic E-state index is 12.7. The number of benzene rings is 3. The number of piperazine rings is 1. The van der Waals surface area contributed by atoms with Gasteiger partial charge in [-0.15, -0.1) is 0 Å². The van der Waals surface area contributed by atoms with Gasteiger partial charge in [0, 0.05) is 32.7 Å². The Morgan fingerprint density at radius 2 is 1.47 bits per heavy atom. The molecule has 0 atom stereocenters. The molecule has 0 saturated carbocycles. The molecule has 1 fully saturated rings. The number of methoxy groups -OCH3 is 2. The lowest BCUT2D eigenvalue weighted by Gasteiger charge is -2.34. The number of hydrogen-bond donors (Lipinski definition) is 1. The summed E-state index contributed by atoms with van der Waals surface area (Å²) >= 11 is 0. The fourth-order valence-electron chi connectivity index (χ4n) is 4.01. The molecule has 3 aromatic carbocycles. The molecule has 1 heterocycles. The van der Waals surface area contributed by atoms with Gasteiger partial charge in [-0.2, -0.15) is 0 Å². The lowest BCUT2D eigenvalue weighted by molar-refractivity contribution is -0.117. The number of amides is 1. The number of nitrogens with one attached hydrogen (secondary N) is 1. The highest BCUT2D eigenvalue weighted by Gasteiger charge is 2.20. The van der Waals surface area contributed by atoms with E-state index in [4.69, 9.17) is 14.2 Å². The summed E-state index contributed by atoms with van der Waals surface area (Å²) in [6.45, 7) is 4.66. The average Bonchev–Trinajstić information content (AvgIpc) is 2.87. The van der Waals surface area contributed by atoms with Crippen molar-refractivity contribution < 1.29 is 19.0 Å². The Balaban J connectivity index is 1.27. The Hall–Kier alpha value is -3.55. The van der Waals surface area contributed by atoms with Gasteiger partial charge in [0.05, 0.1) is 26.5 Å². The summed E-state index contributed by atoms with van der Waals surface area (Å²) in [6, 6.07) is 23.1. The largest absolute Gasteiger partial charge is 0.493 e. The van der Waals surface area contributed by atoms with Crippen LogP contribution in [-0.2, 0) is 11.3 Å². The van der Waals surface area contributed by atoms with Crippen molar-refractivity contribution in [2.45, 2.75) is 6.54 Å². The molecule has 0 spiro atoms. The van der Waals surface area contributed by atoms with Crippen LogP contribution in [0, 0.1) is 0 Å². The molecule has 0 unspecified atom stereocenters. The Labute approximate surface area is 200 Å². The van der Waals surface area contributed by atoms with E-state index in [0.717, 1.165) is 50.0 Å². The van der Waals surface area contributed by atoms with Gasteiger partial charge >= 0.3 is 0 Å². The number of carbonyl (C=O) groups excluding carboxylic acids is 1. The third-order valence-electron chi connectivity index (χ3n) is 5.82. The summed E-state index contributed by atoms with van der Waals surface area (Å²) in [5.74, 6) is 2.79. The molecular weight excluding hydrogens is 430 g/mol. The Kier molecular flexibility index (Phi) is 8.01. The molecule has 0 aromatic heterocycles. The maximum Gasteiger partial charge on any atom is 0.238 e. The molecule has 7 nitrogen and oxygen atoms in total. The Morgan fingerprint density at radius 3 is 2.21 bits per heavy atom. The van der Waals surface area contributed by atoms with Gasteiger partial charge < -0.3 is 19.5 Å². The monoisotopic (exact) mass is 461 g/mol. The van der Waals surface area contributed by atoms with Gasteiger partial charge in [0.15, 0.2) is 17.2 Å². The Morgan fingerprint density at radius 1 is 0.794 bits per heavy atom. The van der Waals surface area contributed by atoms with Crippen molar-refractivity contribution in [3.63, 3.8) is 0 Å². The first-order chi connectivity index (χ1) is 16.6. The van der Waals surface area contributed by atoms with Crippen LogP contribution in [0.2, 0.25) is 0 Å². The topological polar surface area (TPSA) is 63.3 Å². The van der Waals surface area contributed by atoms with Crippen molar-refractivity contribution in [3.05, 3.63) is 78.4 Å². The van der Waals surface area contributed by atoms with Crippen molar-refractivity contribution in [2.24, 2.45) is 0 Å². The van der Waals surface area contributed by atoms with E-state index in [1.54, 1.807) is 14.2 Å². The number of nitrogens with zero attached hydrogens (tertiary/aromatic N) is 2. The van der Waals surface area contributed by atoms with Crippen LogP contribution >= 0.6 is 0 Å². The second-order valence-electron chi connectivity index (χ2n) is 8.20. The number of para-hydroxylation sites is 3. The number of ether oxygens (including phenoxy) is 3. The van der Waals surface area contributed by atoms with Crippen LogP contribution in [-0.4, -0.2) is 62.7 Å². The highest BCUT2D eigenvalue weighted by Crippen LogP contribution is 2.29. The highest BCUT2D eigenvalue weighted by molar-refractivity contribution is 5.93. The van der Waals surface area contributed by atoms with Crippen molar-refractivity contribution in [1.29, 1.82) is 0 Å². The van der Waals surface area contributed by atoms with Crippen molar-refractivity contribution in [3.8, 4) is 23.0 Å². The van der Waals surface area contributed by atoms with E-state index in [1.165, 1.54) is 5.56 Å². The summed E-state index contributed by atoms with van der Waals surface area (Å²) < 4.78 is 16.7. The van der Waals surface area contributed by atoms with Gasteiger partial charge in [0.2, 0.25) is 5.91 Å². The molecule has 1 saturated heterocycles. The lowest BCUT2D eigenvalue weighted by atomic mass is 10.1.